The van der Waals surface area contributed by atoms with E-state index in [9.17, 15) is 18.4 Å². The summed E-state index contributed by atoms with van der Waals surface area (Å²) < 4.78 is 25.4. The van der Waals surface area contributed by atoms with Crippen LogP contribution in [0.15, 0.2) is 23.9 Å². The number of carbonyl (C=O) groups is 2. The number of carbonyl (C=O) groups excluding carboxylic acids is 2. The molecule has 2 N–H and O–H groups in total. The van der Waals surface area contributed by atoms with Gasteiger partial charge in [0.05, 0.1) is 0 Å². The maximum atomic E-state index is 12.8. The largest absolute Gasteiger partial charge is 0.326 e. The maximum absolute atomic E-state index is 12.8. The molecule has 82 valence electrons. The number of imide groups is 1. The summed E-state index contributed by atoms with van der Waals surface area (Å²) in [6.07, 6.45) is 1.25. The van der Waals surface area contributed by atoms with Gasteiger partial charge >= 0.3 is 6.03 Å². The predicted molar refractivity (Wildman–Crippen MR) is 51.0 cm³/mol. The van der Waals surface area contributed by atoms with Crippen LogP contribution in [-0.4, -0.2) is 11.9 Å². The Kier molecular flexibility index (Phi) is 2.40. The van der Waals surface area contributed by atoms with E-state index >= 15 is 0 Å². The van der Waals surface area contributed by atoms with Crippen molar-refractivity contribution in [1.82, 2.24) is 10.6 Å². The highest BCUT2D eigenvalue weighted by molar-refractivity contribution is 6.13. The Bertz CT molecular complexity index is 512. The van der Waals surface area contributed by atoms with Crippen LogP contribution >= 0.6 is 0 Å². The molecule has 4 nitrogen and oxygen atoms in total. The van der Waals surface area contributed by atoms with Crippen LogP contribution < -0.4 is 10.6 Å². The average molecular weight is 224 g/mol. The van der Waals surface area contributed by atoms with Crippen LogP contribution in [0.25, 0.3) is 6.08 Å². The van der Waals surface area contributed by atoms with E-state index in [1.54, 1.807) is 0 Å². The molecule has 1 aromatic rings. The molecule has 0 radical (unpaired) electrons. The van der Waals surface area contributed by atoms with E-state index in [1.165, 1.54) is 12.1 Å². The lowest BCUT2D eigenvalue weighted by Crippen LogP contribution is -2.22. The molecule has 3 amide bonds. The van der Waals surface area contributed by atoms with Gasteiger partial charge in [0.1, 0.15) is 5.70 Å². The minimum absolute atomic E-state index is 0.00370. The molecule has 6 heteroatoms. The smallest absolute Gasteiger partial charge is 0.303 e. The molecule has 0 saturated carbocycles. The van der Waals surface area contributed by atoms with E-state index in [4.69, 9.17) is 0 Å². The first-order valence-corrected chi connectivity index (χ1v) is 4.35. The standard InChI is InChI=1S/C10H6F2N2O2/c11-6-2-1-5(3-7(6)12)4-8-9(15)14-10(16)13-8/h1-4H,(H2,13,14,15,16)/b8-4-. The molecule has 1 fully saturated rings. The van der Waals surface area contributed by atoms with Crippen molar-refractivity contribution in [2.75, 3.05) is 0 Å². The van der Waals surface area contributed by atoms with Crippen LogP contribution in [0, 0.1) is 11.6 Å². The van der Waals surface area contributed by atoms with Gasteiger partial charge in [-0.3, -0.25) is 10.1 Å². The van der Waals surface area contributed by atoms with E-state index in [-0.39, 0.29) is 11.3 Å². The van der Waals surface area contributed by atoms with Gasteiger partial charge in [-0.15, -0.1) is 0 Å². The number of hydrogen-bond acceptors (Lipinski definition) is 2. The summed E-state index contributed by atoms with van der Waals surface area (Å²) in [7, 11) is 0. The van der Waals surface area contributed by atoms with Crippen LogP contribution in [0.1, 0.15) is 5.56 Å². The number of benzene rings is 1. The van der Waals surface area contributed by atoms with Gasteiger partial charge in [-0.1, -0.05) is 6.07 Å². The summed E-state index contributed by atoms with van der Waals surface area (Å²) >= 11 is 0. The second-order valence-corrected chi connectivity index (χ2v) is 3.14. The molecule has 0 spiro atoms. The van der Waals surface area contributed by atoms with Gasteiger partial charge < -0.3 is 5.32 Å². The van der Waals surface area contributed by atoms with Gasteiger partial charge in [0.2, 0.25) is 0 Å². The lowest BCUT2D eigenvalue weighted by molar-refractivity contribution is -0.115. The lowest BCUT2D eigenvalue weighted by Gasteiger charge is -1.97. The predicted octanol–water partition coefficient (Wildman–Crippen LogP) is 1.15. The Labute approximate surface area is 88.9 Å². The molecule has 0 aromatic heterocycles. The first kappa shape index (κ1) is 10.3. The first-order chi connectivity index (χ1) is 7.56. The molecule has 0 atom stereocenters. The molecule has 1 aromatic carbocycles. The molecule has 1 saturated heterocycles. The van der Waals surface area contributed by atoms with Gasteiger partial charge in [0, 0.05) is 0 Å². The van der Waals surface area contributed by atoms with E-state index < -0.39 is 23.6 Å². The topological polar surface area (TPSA) is 58.2 Å². The zero-order valence-corrected chi connectivity index (χ0v) is 7.88. The average Bonchev–Trinajstić information content (AvgIpc) is 2.51. The second-order valence-electron chi connectivity index (χ2n) is 3.14. The lowest BCUT2D eigenvalue weighted by atomic mass is 10.2. The highest BCUT2D eigenvalue weighted by atomic mass is 19.2. The van der Waals surface area contributed by atoms with Crippen molar-refractivity contribution in [2.24, 2.45) is 0 Å². The molecule has 2 rings (SSSR count). The molecule has 0 bridgehead atoms. The maximum Gasteiger partial charge on any atom is 0.326 e. The second kappa shape index (κ2) is 3.73. The number of rotatable bonds is 1. The van der Waals surface area contributed by atoms with E-state index in [0.29, 0.717) is 0 Å². The van der Waals surface area contributed by atoms with E-state index in [1.807, 2.05) is 5.32 Å². The van der Waals surface area contributed by atoms with Crippen molar-refractivity contribution in [3.05, 3.63) is 41.1 Å². The van der Waals surface area contributed by atoms with Crippen LogP contribution in [0.5, 0.6) is 0 Å². The molecule has 0 unspecified atom stereocenters. The summed E-state index contributed by atoms with van der Waals surface area (Å²) in [5.74, 6) is -2.59. The normalized spacial score (nSPS) is 17.5. The van der Waals surface area contributed by atoms with Crippen LogP contribution in [0.4, 0.5) is 13.6 Å². The molecular weight excluding hydrogens is 218 g/mol. The summed E-state index contributed by atoms with van der Waals surface area (Å²) in [4.78, 5) is 21.9. The van der Waals surface area contributed by atoms with Gasteiger partial charge in [-0.2, -0.15) is 0 Å². The van der Waals surface area contributed by atoms with Crippen molar-refractivity contribution in [1.29, 1.82) is 0 Å². The number of urea groups is 1. The summed E-state index contributed by atoms with van der Waals surface area (Å²) in [6.45, 7) is 0. The van der Waals surface area contributed by atoms with Crippen molar-refractivity contribution >= 4 is 18.0 Å². The van der Waals surface area contributed by atoms with Gasteiger partial charge in [-0.05, 0) is 23.8 Å². The molecule has 1 aliphatic heterocycles. The van der Waals surface area contributed by atoms with Gasteiger partial charge in [0.15, 0.2) is 11.6 Å². The Morgan fingerprint density at radius 2 is 1.81 bits per heavy atom. The van der Waals surface area contributed by atoms with E-state index in [2.05, 4.69) is 5.32 Å². The van der Waals surface area contributed by atoms with Crippen molar-refractivity contribution in [3.63, 3.8) is 0 Å². The van der Waals surface area contributed by atoms with Gasteiger partial charge in [-0.25, -0.2) is 13.6 Å². The van der Waals surface area contributed by atoms with Crippen molar-refractivity contribution in [2.45, 2.75) is 0 Å². The Morgan fingerprint density at radius 3 is 2.38 bits per heavy atom. The number of amides is 3. The molecule has 0 aliphatic carbocycles. The minimum atomic E-state index is -1.01. The van der Waals surface area contributed by atoms with Gasteiger partial charge in [0.25, 0.3) is 5.91 Å². The number of halogens is 2. The first-order valence-electron chi connectivity index (χ1n) is 4.35. The van der Waals surface area contributed by atoms with Crippen LogP contribution in [0.3, 0.4) is 0 Å². The minimum Gasteiger partial charge on any atom is -0.303 e. The van der Waals surface area contributed by atoms with Crippen LogP contribution in [-0.2, 0) is 4.79 Å². The fourth-order valence-corrected chi connectivity index (χ4v) is 1.25. The van der Waals surface area contributed by atoms with Crippen molar-refractivity contribution < 1.29 is 18.4 Å². The third kappa shape index (κ3) is 1.90. The Morgan fingerprint density at radius 1 is 1.06 bits per heavy atom. The quantitative estimate of drug-likeness (QED) is 0.555. The third-order valence-electron chi connectivity index (χ3n) is 1.97. The molecule has 1 aliphatic rings. The highest BCUT2D eigenvalue weighted by Crippen LogP contribution is 2.12. The summed E-state index contributed by atoms with van der Waals surface area (Å²) in [6, 6.07) is 2.53. The fourth-order valence-electron chi connectivity index (χ4n) is 1.25. The Balaban J connectivity index is 2.32. The number of nitrogens with one attached hydrogen (secondary N) is 2. The summed E-state index contributed by atoms with van der Waals surface area (Å²) in [5, 5.41) is 4.22. The molecule has 16 heavy (non-hydrogen) atoms. The SMILES string of the molecule is O=C1NC(=O)/C(=C/c2ccc(F)c(F)c2)N1. The van der Waals surface area contributed by atoms with Crippen molar-refractivity contribution in [3.8, 4) is 0 Å². The summed E-state index contributed by atoms with van der Waals surface area (Å²) in [5.41, 5.74) is 0.280. The fraction of sp³-hybridized carbons (Fsp3) is 0. The monoisotopic (exact) mass is 224 g/mol. The molecule has 1 heterocycles. The third-order valence-corrected chi connectivity index (χ3v) is 1.97. The Hall–Kier alpha value is -2.24. The highest BCUT2D eigenvalue weighted by Gasteiger charge is 2.22. The molecular formula is C10H6F2N2O2. The van der Waals surface area contributed by atoms with Crippen LogP contribution in [0.2, 0.25) is 0 Å². The zero-order valence-electron chi connectivity index (χ0n) is 7.88. The number of hydrogen-bond donors (Lipinski definition) is 2. The van der Waals surface area contributed by atoms with E-state index in [0.717, 1.165) is 12.1 Å². The zero-order chi connectivity index (χ0) is 11.7.